The monoisotopic (exact) mass is 417 g/mol. The van der Waals surface area contributed by atoms with E-state index in [-0.39, 0.29) is 18.2 Å². The van der Waals surface area contributed by atoms with Crippen molar-refractivity contribution < 1.29 is 14.4 Å². The minimum absolute atomic E-state index is 0.250. The summed E-state index contributed by atoms with van der Waals surface area (Å²) in [7, 11) is 0. The maximum Gasteiger partial charge on any atom is 0.325 e. The van der Waals surface area contributed by atoms with Gasteiger partial charge in [-0.05, 0) is 56.2 Å². The molecule has 0 unspecified atom stereocenters. The first kappa shape index (κ1) is 19.4. The number of nitrogens with one attached hydrogen (secondary N) is 1. The zero-order valence-electron chi connectivity index (χ0n) is 17.3. The number of ketones is 1. The zero-order chi connectivity index (χ0) is 21.6. The van der Waals surface area contributed by atoms with Crippen molar-refractivity contribution in [3.05, 3.63) is 54.0 Å². The Morgan fingerprint density at radius 3 is 2.58 bits per heavy atom. The van der Waals surface area contributed by atoms with Crippen molar-refractivity contribution in [3.63, 3.8) is 0 Å². The molecular weight excluding hydrogens is 394 g/mol. The summed E-state index contributed by atoms with van der Waals surface area (Å²) in [6, 6.07) is 10.3. The highest BCUT2D eigenvalue weighted by molar-refractivity contribution is 6.11. The van der Waals surface area contributed by atoms with Crippen molar-refractivity contribution in [2.75, 3.05) is 6.54 Å². The number of rotatable bonds is 4. The lowest BCUT2D eigenvalue weighted by Gasteiger charge is -2.30. The van der Waals surface area contributed by atoms with Crippen LogP contribution in [-0.2, 0) is 4.79 Å². The minimum Gasteiger partial charge on any atom is -0.323 e. The molecule has 3 aromatic rings. The van der Waals surface area contributed by atoms with Crippen molar-refractivity contribution in [2.45, 2.75) is 44.6 Å². The summed E-state index contributed by atoms with van der Waals surface area (Å²) in [5.41, 5.74) is 2.02. The number of urea groups is 1. The van der Waals surface area contributed by atoms with Crippen LogP contribution in [0.4, 0.5) is 4.79 Å². The van der Waals surface area contributed by atoms with Gasteiger partial charge in [-0.3, -0.25) is 19.1 Å². The summed E-state index contributed by atoms with van der Waals surface area (Å²) in [5.74, 6) is 0.256. The molecule has 0 bridgehead atoms. The maximum atomic E-state index is 12.9. The number of hydrogen-bond donors (Lipinski definition) is 1. The van der Waals surface area contributed by atoms with Crippen LogP contribution in [0, 0.1) is 6.92 Å². The summed E-state index contributed by atoms with van der Waals surface area (Å²) in [6.07, 6.45) is 5.89. The molecule has 2 aromatic heterocycles. The lowest BCUT2D eigenvalue weighted by molar-refractivity contribution is -0.132. The average Bonchev–Trinajstić information content (AvgIpc) is 3.23. The third-order valence-electron chi connectivity index (χ3n) is 6.29. The van der Waals surface area contributed by atoms with Crippen molar-refractivity contribution in [3.8, 4) is 5.69 Å². The molecule has 1 aliphatic carbocycles. The highest BCUT2D eigenvalue weighted by Gasteiger charge is 2.51. The Balaban J connectivity index is 1.35. The first-order valence-electron chi connectivity index (χ1n) is 10.6. The summed E-state index contributed by atoms with van der Waals surface area (Å²) in [5, 5.41) is 2.84. The highest BCUT2D eigenvalue weighted by atomic mass is 16.2. The number of pyridine rings is 1. The Kier molecular flexibility index (Phi) is 4.57. The highest BCUT2D eigenvalue weighted by Crippen LogP contribution is 2.33. The van der Waals surface area contributed by atoms with E-state index in [4.69, 9.17) is 0 Å². The Labute approximate surface area is 179 Å². The van der Waals surface area contributed by atoms with E-state index in [1.54, 1.807) is 18.3 Å². The Morgan fingerprint density at radius 1 is 1.10 bits per heavy atom. The molecule has 1 aliphatic heterocycles. The number of imidazole rings is 1. The molecule has 1 saturated carbocycles. The Bertz CT molecular complexity index is 1190. The van der Waals surface area contributed by atoms with E-state index in [2.05, 4.69) is 15.3 Å². The van der Waals surface area contributed by atoms with Crippen molar-refractivity contribution in [2.24, 2.45) is 0 Å². The van der Waals surface area contributed by atoms with Crippen LogP contribution >= 0.6 is 0 Å². The van der Waals surface area contributed by atoms with Crippen LogP contribution in [0.1, 0.15) is 48.3 Å². The zero-order valence-corrected chi connectivity index (χ0v) is 17.3. The lowest BCUT2D eigenvalue weighted by Crippen LogP contribution is -2.48. The van der Waals surface area contributed by atoms with Gasteiger partial charge in [0.25, 0.3) is 5.91 Å². The van der Waals surface area contributed by atoms with Gasteiger partial charge in [-0.15, -0.1) is 0 Å². The van der Waals surface area contributed by atoms with Gasteiger partial charge in [-0.1, -0.05) is 19.3 Å². The second-order valence-corrected chi connectivity index (χ2v) is 8.27. The first-order valence-corrected chi connectivity index (χ1v) is 10.6. The van der Waals surface area contributed by atoms with Gasteiger partial charge in [0.2, 0.25) is 0 Å². The standard InChI is InChI=1S/C23H23N5O3/c1-15-25-18-6-5-13-24-20(18)28(15)17-9-7-16(8-10-17)19(29)14-27-21(30)23(26-22(27)31)11-3-2-4-12-23/h5-10,13H,2-4,11-12,14H2,1H3,(H,26,31). The molecule has 3 amide bonds. The largest absolute Gasteiger partial charge is 0.325 e. The molecule has 158 valence electrons. The van der Waals surface area contributed by atoms with E-state index in [0.717, 1.165) is 46.8 Å². The van der Waals surface area contributed by atoms with Gasteiger partial charge < -0.3 is 5.32 Å². The first-order chi connectivity index (χ1) is 15.0. The number of Topliss-reactive ketones (excluding diaryl/α,β-unsaturated/α-hetero) is 1. The molecule has 2 fully saturated rings. The molecule has 8 heteroatoms. The lowest BCUT2D eigenvalue weighted by atomic mass is 9.82. The van der Waals surface area contributed by atoms with Crippen LogP contribution in [-0.4, -0.2) is 49.2 Å². The second kappa shape index (κ2) is 7.30. The van der Waals surface area contributed by atoms with E-state index < -0.39 is 11.6 Å². The van der Waals surface area contributed by atoms with Crippen molar-refractivity contribution in [1.82, 2.24) is 24.8 Å². The smallest absolute Gasteiger partial charge is 0.323 e. The fraction of sp³-hybridized carbons (Fsp3) is 0.348. The maximum absolute atomic E-state index is 12.9. The second-order valence-electron chi connectivity index (χ2n) is 8.27. The SMILES string of the molecule is Cc1nc2cccnc2n1-c1ccc(C(=O)CN2C(=O)NC3(CCCCC3)C2=O)cc1. The third kappa shape index (κ3) is 3.19. The number of carbonyl (C=O) groups is 3. The van der Waals surface area contributed by atoms with Gasteiger partial charge in [0, 0.05) is 17.4 Å². The number of hydrogen-bond acceptors (Lipinski definition) is 5. The van der Waals surface area contributed by atoms with Crippen LogP contribution in [0.5, 0.6) is 0 Å². The predicted octanol–water partition coefficient (Wildman–Crippen LogP) is 3.17. The van der Waals surface area contributed by atoms with Crippen LogP contribution < -0.4 is 5.32 Å². The molecule has 0 radical (unpaired) electrons. The van der Waals surface area contributed by atoms with E-state index in [9.17, 15) is 14.4 Å². The van der Waals surface area contributed by atoms with Gasteiger partial charge in [-0.2, -0.15) is 0 Å². The van der Waals surface area contributed by atoms with Gasteiger partial charge in [-0.25, -0.2) is 14.8 Å². The summed E-state index contributed by atoms with van der Waals surface area (Å²) in [6.45, 7) is 1.65. The van der Waals surface area contributed by atoms with Gasteiger partial charge in [0.1, 0.15) is 16.9 Å². The van der Waals surface area contributed by atoms with Crippen molar-refractivity contribution in [1.29, 1.82) is 0 Å². The molecule has 0 atom stereocenters. The Morgan fingerprint density at radius 2 is 1.84 bits per heavy atom. The quantitative estimate of drug-likeness (QED) is 0.519. The van der Waals surface area contributed by atoms with Gasteiger partial charge >= 0.3 is 6.03 Å². The number of carbonyl (C=O) groups excluding carboxylic acids is 3. The molecule has 5 rings (SSSR count). The summed E-state index contributed by atoms with van der Waals surface area (Å²) >= 11 is 0. The third-order valence-corrected chi connectivity index (χ3v) is 6.29. The van der Waals surface area contributed by atoms with Gasteiger partial charge in [0.15, 0.2) is 11.4 Å². The number of fused-ring (bicyclic) bond motifs is 1. The van der Waals surface area contributed by atoms with Crippen LogP contribution in [0.15, 0.2) is 42.6 Å². The number of benzene rings is 1. The van der Waals surface area contributed by atoms with Crippen LogP contribution in [0.3, 0.4) is 0 Å². The fourth-order valence-corrected chi connectivity index (χ4v) is 4.68. The number of imide groups is 1. The molecule has 1 N–H and O–H groups in total. The van der Waals surface area contributed by atoms with E-state index in [0.29, 0.717) is 18.4 Å². The average molecular weight is 417 g/mol. The summed E-state index contributed by atoms with van der Waals surface area (Å²) in [4.78, 5) is 48.2. The number of amides is 3. The van der Waals surface area contributed by atoms with E-state index in [1.165, 1.54) is 0 Å². The summed E-state index contributed by atoms with van der Waals surface area (Å²) < 4.78 is 1.92. The molecule has 1 aromatic carbocycles. The number of aryl methyl sites for hydroxylation is 1. The molecule has 1 spiro atoms. The predicted molar refractivity (Wildman–Crippen MR) is 114 cm³/mol. The topological polar surface area (TPSA) is 97.2 Å². The van der Waals surface area contributed by atoms with Gasteiger partial charge in [0.05, 0.1) is 6.54 Å². The normalized spacial score (nSPS) is 18.0. The van der Waals surface area contributed by atoms with E-state index in [1.807, 2.05) is 35.8 Å². The minimum atomic E-state index is -0.813. The van der Waals surface area contributed by atoms with Crippen LogP contribution in [0.2, 0.25) is 0 Å². The van der Waals surface area contributed by atoms with E-state index >= 15 is 0 Å². The molecule has 3 heterocycles. The number of aromatic nitrogens is 3. The molecular formula is C23H23N5O3. The molecule has 8 nitrogen and oxygen atoms in total. The Hall–Kier alpha value is -3.55. The van der Waals surface area contributed by atoms with Crippen LogP contribution in [0.25, 0.3) is 16.9 Å². The fourth-order valence-electron chi connectivity index (χ4n) is 4.68. The molecule has 1 saturated heterocycles. The van der Waals surface area contributed by atoms with Crippen molar-refractivity contribution >= 4 is 28.9 Å². The molecule has 2 aliphatic rings. The number of nitrogens with zero attached hydrogens (tertiary/aromatic N) is 4. The molecule has 31 heavy (non-hydrogen) atoms.